The third-order valence-corrected chi connectivity index (χ3v) is 10.5. The van der Waals surface area contributed by atoms with E-state index in [0.717, 1.165) is 36.4 Å². The van der Waals surface area contributed by atoms with Gasteiger partial charge in [-0.3, -0.25) is 0 Å². The Kier molecular flexibility index (Phi) is 6.18. The summed E-state index contributed by atoms with van der Waals surface area (Å²) in [7, 11) is -13.0. The number of rotatable bonds is 6. The van der Waals surface area contributed by atoms with E-state index >= 15 is 0 Å². The van der Waals surface area contributed by atoms with Gasteiger partial charge in [0, 0.05) is 0 Å². The molecule has 4 aromatic carbocycles. The number of sulfone groups is 3. The van der Waals surface area contributed by atoms with Crippen molar-refractivity contribution in [1.29, 1.82) is 0 Å². The molecule has 0 aromatic heterocycles. The van der Waals surface area contributed by atoms with E-state index in [4.69, 9.17) is 0 Å². The fourth-order valence-corrected chi connectivity index (χ4v) is 7.59. The first-order chi connectivity index (χ1) is 16.5. The molecule has 0 atom stereocenters. The predicted molar refractivity (Wildman–Crippen MR) is 125 cm³/mol. The molecule has 2 N–H and O–H groups in total. The van der Waals surface area contributed by atoms with Crippen LogP contribution in [0.1, 0.15) is 0 Å². The van der Waals surface area contributed by atoms with Crippen LogP contribution in [0.4, 0.5) is 0 Å². The lowest BCUT2D eigenvalue weighted by atomic mass is 10.3. The Bertz CT molecular complexity index is 1600. The molecule has 8 nitrogen and oxygen atoms in total. The Morgan fingerprint density at radius 3 is 1.09 bits per heavy atom. The second-order valence-electron chi connectivity index (χ2n) is 7.40. The zero-order chi connectivity index (χ0) is 25.4. The van der Waals surface area contributed by atoms with E-state index in [9.17, 15) is 35.5 Å². The van der Waals surface area contributed by atoms with Crippen LogP contribution in [0, 0.1) is 0 Å². The SMILES string of the molecule is O=S(=O)(c1ccc(O)c(S(=O)(=O)c2ccccc2)c1)c1ccc(O)c(S(=O)(=O)c2ccccc2)c1. The van der Waals surface area contributed by atoms with Gasteiger partial charge in [-0.05, 0) is 60.7 Å². The summed E-state index contributed by atoms with van der Waals surface area (Å²) in [6, 6.07) is 19.8. The topological polar surface area (TPSA) is 143 Å². The lowest BCUT2D eigenvalue weighted by molar-refractivity contribution is 0.457. The molecule has 35 heavy (non-hydrogen) atoms. The largest absolute Gasteiger partial charge is 0.507 e. The highest BCUT2D eigenvalue weighted by atomic mass is 32.2. The van der Waals surface area contributed by atoms with Crippen molar-refractivity contribution in [3.8, 4) is 11.5 Å². The van der Waals surface area contributed by atoms with Crippen LogP contribution >= 0.6 is 0 Å². The first-order valence-corrected chi connectivity index (χ1v) is 14.4. The molecule has 0 spiro atoms. The second-order valence-corrected chi connectivity index (χ2v) is 13.2. The molecule has 0 aliphatic rings. The summed E-state index contributed by atoms with van der Waals surface area (Å²) in [6.45, 7) is 0. The molecule has 11 heteroatoms. The average molecular weight is 531 g/mol. The molecule has 0 unspecified atom stereocenters. The molecule has 4 aromatic rings. The molecule has 0 fully saturated rings. The summed E-state index contributed by atoms with van der Waals surface area (Å²) in [5.74, 6) is -1.29. The summed E-state index contributed by atoms with van der Waals surface area (Å²) >= 11 is 0. The molecule has 0 amide bonds. The van der Waals surface area contributed by atoms with Gasteiger partial charge in [-0.1, -0.05) is 36.4 Å². The molecule has 180 valence electrons. The van der Waals surface area contributed by atoms with E-state index < -0.39 is 60.6 Å². The molecule has 0 saturated carbocycles. The van der Waals surface area contributed by atoms with Crippen molar-refractivity contribution >= 4 is 29.5 Å². The van der Waals surface area contributed by atoms with Crippen molar-refractivity contribution in [2.75, 3.05) is 0 Å². The minimum atomic E-state index is -4.45. The van der Waals surface area contributed by atoms with Crippen molar-refractivity contribution in [2.24, 2.45) is 0 Å². The van der Waals surface area contributed by atoms with Crippen LogP contribution in [0.2, 0.25) is 0 Å². The highest BCUT2D eigenvalue weighted by Gasteiger charge is 2.28. The van der Waals surface area contributed by atoms with Crippen molar-refractivity contribution < 1.29 is 35.5 Å². The van der Waals surface area contributed by atoms with Gasteiger partial charge >= 0.3 is 0 Å². The quantitative estimate of drug-likeness (QED) is 0.385. The minimum absolute atomic E-state index is 0.147. The maximum absolute atomic E-state index is 13.3. The summed E-state index contributed by atoms with van der Waals surface area (Å²) < 4.78 is 78.6. The number of aromatic hydroxyl groups is 2. The highest BCUT2D eigenvalue weighted by molar-refractivity contribution is 7.93. The van der Waals surface area contributed by atoms with Crippen molar-refractivity contribution in [2.45, 2.75) is 29.4 Å². The lowest BCUT2D eigenvalue weighted by Gasteiger charge is -2.12. The van der Waals surface area contributed by atoms with Gasteiger partial charge in [-0.25, -0.2) is 25.3 Å². The number of hydrogen-bond acceptors (Lipinski definition) is 8. The number of hydrogen-bond donors (Lipinski definition) is 2. The molecule has 0 bridgehead atoms. The molecule has 0 aliphatic heterocycles. The van der Waals surface area contributed by atoms with Crippen molar-refractivity contribution in [1.82, 2.24) is 0 Å². The normalized spacial score (nSPS) is 12.3. The molecule has 0 heterocycles. The predicted octanol–water partition coefficient (Wildman–Crippen LogP) is 3.60. The summed E-state index contributed by atoms with van der Waals surface area (Å²) in [6.07, 6.45) is 0. The van der Waals surface area contributed by atoms with Gasteiger partial charge in [0.1, 0.15) is 21.3 Å². The minimum Gasteiger partial charge on any atom is -0.507 e. The Hall–Kier alpha value is -3.67. The van der Waals surface area contributed by atoms with Crippen LogP contribution in [-0.4, -0.2) is 35.5 Å². The van der Waals surface area contributed by atoms with Crippen LogP contribution in [0.25, 0.3) is 0 Å². The first-order valence-electron chi connectivity index (χ1n) is 9.97. The molecule has 0 saturated heterocycles. The number of phenolic OH excluding ortho intramolecular Hbond substituents is 2. The highest BCUT2D eigenvalue weighted by Crippen LogP contribution is 2.35. The van der Waals surface area contributed by atoms with Gasteiger partial charge in [-0.2, -0.15) is 0 Å². The van der Waals surface area contributed by atoms with Crippen molar-refractivity contribution in [3.63, 3.8) is 0 Å². The third-order valence-electron chi connectivity index (χ3n) is 5.17. The molecular weight excluding hydrogens is 512 g/mol. The Morgan fingerprint density at radius 1 is 0.400 bits per heavy atom. The van der Waals surface area contributed by atoms with Crippen molar-refractivity contribution in [3.05, 3.63) is 97.1 Å². The van der Waals surface area contributed by atoms with E-state index in [-0.39, 0.29) is 9.79 Å². The zero-order valence-electron chi connectivity index (χ0n) is 17.8. The molecule has 0 aliphatic carbocycles. The number of benzene rings is 4. The zero-order valence-corrected chi connectivity index (χ0v) is 20.3. The smallest absolute Gasteiger partial charge is 0.210 e. The van der Waals surface area contributed by atoms with E-state index in [2.05, 4.69) is 0 Å². The molecule has 0 radical (unpaired) electrons. The van der Waals surface area contributed by atoms with Crippen LogP contribution in [0.3, 0.4) is 0 Å². The van der Waals surface area contributed by atoms with Gasteiger partial charge in [0.15, 0.2) is 0 Å². The van der Waals surface area contributed by atoms with E-state index in [1.807, 2.05) is 0 Å². The summed E-state index contributed by atoms with van der Waals surface area (Å²) in [5.41, 5.74) is 0. The average Bonchev–Trinajstić information content (AvgIpc) is 2.85. The van der Waals surface area contributed by atoms with Gasteiger partial charge in [0.25, 0.3) is 0 Å². The summed E-state index contributed by atoms with van der Waals surface area (Å²) in [5, 5.41) is 20.4. The van der Waals surface area contributed by atoms with Gasteiger partial charge in [0.05, 0.1) is 19.6 Å². The fraction of sp³-hybridized carbons (Fsp3) is 0. The van der Waals surface area contributed by atoms with E-state index in [0.29, 0.717) is 0 Å². The summed E-state index contributed by atoms with van der Waals surface area (Å²) in [4.78, 5) is -2.52. The van der Waals surface area contributed by atoms with Crippen LogP contribution in [0.15, 0.2) is 126 Å². The van der Waals surface area contributed by atoms with Gasteiger partial charge in [-0.15, -0.1) is 0 Å². The van der Waals surface area contributed by atoms with Crippen LogP contribution < -0.4 is 0 Å². The fourth-order valence-electron chi connectivity index (χ4n) is 3.34. The van der Waals surface area contributed by atoms with Crippen LogP contribution in [0.5, 0.6) is 11.5 Å². The Morgan fingerprint density at radius 2 is 0.743 bits per heavy atom. The van der Waals surface area contributed by atoms with E-state index in [1.165, 1.54) is 48.5 Å². The maximum Gasteiger partial charge on any atom is 0.210 e. The molecular formula is C24H18O8S3. The van der Waals surface area contributed by atoms with Gasteiger partial charge in [0.2, 0.25) is 29.5 Å². The Labute approximate surface area is 202 Å². The standard InChI is InChI=1S/C24H18O8S3/c25-21-13-11-19(15-23(21)34(29,30)17-7-3-1-4-8-17)33(27,28)20-12-14-22(26)24(16-20)35(31,32)18-9-5-2-6-10-18/h1-16,25-26H. The van der Waals surface area contributed by atoms with Gasteiger partial charge < -0.3 is 10.2 Å². The molecule has 4 rings (SSSR count). The maximum atomic E-state index is 13.3. The second kappa shape index (κ2) is 8.84. The number of phenols is 2. The lowest BCUT2D eigenvalue weighted by Crippen LogP contribution is -2.08. The first kappa shape index (κ1) is 24.5. The third kappa shape index (κ3) is 4.41. The Balaban J connectivity index is 1.85. The van der Waals surface area contributed by atoms with Crippen LogP contribution in [-0.2, 0) is 29.5 Å². The van der Waals surface area contributed by atoms with E-state index in [1.54, 1.807) is 12.1 Å². The monoisotopic (exact) mass is 530 g/mol.